The molecule has 1 rings (SSSR count). The van der Waals surface area contributed by atoms with Crippen molar-refractivity contribution in [3.63, 3.8) is 0 Å². The van der Waals surface area contributed by atoms with Crippen LogP contribution < -0.4 is 15.8 Å². The third-order valence-electron chi connectivity index (χ3n) is 1.77. The zero-order valence-electron chi connectivity index (χ0n) is 8.32. The quantitative estimate of drug-likeness (QED) is 0.725. The Morgan fingerprint density at radius 3 is 2.67 bits per heavy atom. The average molecular weight is 208 g/mol. The number of nitrogens with one attached hydrogen (secondary N) is 1. The molecule has 5 heteroatoms. The van der Waals surface area contributed by atoms with E-state index < -0.39 is 5.91 Å². The molecule has 0 aliphatic carbocycles. The molecular formula is C10H12N2O3. The minimum atomic E-state index is -0.585. The van der Waals surface area contributed by atoms with E-state index in [1.165, 1.54) is 7.11 Å². The van der Waals surface area contributed by atoms with Crippen molar-refractivity contribution >= 4 is 11.8 Å². The minimum absolute atomic E-state index is 0.184. The molecule has 0 unspecified atom stereocenters. The van der Waals surface area contributed by atoms with E-state index in [0.717, 1.165) is 0 Å². The summed E-state index contributed by atoms with van der Waals surface area (Å²) in [5.41, 5.74) is 5.28. The normalized spacial score (nSPS) is 9.40. The van der Waals surface area contributed by atoms with Gasteiger partial charge in [0.05, 0.1) is 19.2 Å². The van der Waals surface area contributed by atoms with E-state index in [-0.39, 0.29) is 12.5 Å². The molecule has 2 amide bonds. The van der Waals surface area contributed by atoms with Crippen LogP contribution in [0.5, 0.6) is 5.75 Å². The molecule has 1 aromatic rings. The van der Waals surface area contributed by atoms with Crippen LogP contribution in [-0.2, 0) is 4.79 Å². The number of hydrogen-bond acceptors (Lipinski definition) is 3. The van der Waals surface area contributed by atoms with E-state index in [4.69, 9.17) is 10.5 Å². The summed E-state index contributed by atoms with van der Waals surface area (Å²) in [4.78, 5) is 22.0. The Kier molecular flexibility index (Phi) is 3.68. The van der Waals surface area contributed by atoms with Crippen molar-refractivity contribution in [3.05, 3.63) is 29.8 Å². The van der Waals surface area contributed by atoms with Gasteiger partial charge in [-0.15, -0.1) is 0 Å². The fourth-order valence-electron chi connectivity index (χ4n) is 1.09. The van der Waals surface area contributed by atoms with E-state index >= 15 is 0 Å². The molecule has 0 saturated carbocycles. The van der Waals surface area contributed by atoms with Gasteiger partial charge in [0.25, 0.3) is 5.91 Å². The molecule has 5 nitrogen and oxygen atoms in total. The van der Waals surface area contributed by atoms with Crippen LogP contribution in [0, 0.1) is 0 Å². The maximum Gasteiger partial charge on any atom is 0.255 e. The second-order valence-corrected chi connectivity index (χ2v) is 2.85. The van der Waals surface area contributed by atoms with Crippen LogP contribution >= 0.6 is 0 Å². The van der Waals surface area contributed by atoms with Crippen LogP contribution in [0.15, 0.2) is 24.3 Å². The average Bonchev–Trinajstić information content (AvgIpc) is 2.25. The summed E-state index contributed by atoms with van der Waals surface area (Å²) in [5.74, 6) is -0.510. The van der Waals surface area contributed by atoms with Gasteiger partial charge in [-0.05, 0) is 12.1 Å². The number of carbonyl (C=O) groups excluding carboxylic acids is 2. The van der Waals surface area contributed by atoms with E-state index in [9.17, 15) is 9.59 Å². The Morgan fingerprint density at radius 1 is 1.40 bits per heavy atom. The van der Waals surface area contributed by atoms with Crippen molar-refractivity contribution < 1.29 is 14.3 Å². The highest BCUT2D eigenvalue weighted by molar-refractivity contribution is 5.98. The standard InChI is InChI=1S/C10H12N2O3/c1-15-8-5-3-2-4-7(8)10(14)12-6-9(11)13/h2-5H,6H2,1H3,(H2,11,13)(H,12,14). The van der Waals surface area contributed by atoms with Gasteiger partial charge in [0.2, 0.25) is 5.91 Å². The first-order valence-electron chi connectivity index (χ1n) is 4.34. The van der Waals surface area contributed by atoms with Crippen LogP contribution in [0.4, 0.5) is 0 Å². The summed E-state index contributed by atoms with van der Waals surface area (Å²) in [6.45, 7) is -0.184. The Hall–Kier alpha value is -2.04. The maximum absolute atomic E-state index is 11.5. The number of benzene rings is 1. The molecule has 0 bridgehead atoms. The van der Waals surface area contributed by atoms with E-state index in [1.54, 1.807) is 24.3 Å². The largest absolute Gasteiger partial charge is 0.496 e. The first-order valence-corrected chi connectivity index (χ1v) is 4.34. The van der Waals surface area contributed by atoms with E-state index in [0.29, 0.717) is 11.3 Å². The molecule has 0 aliphatic rings. The lowest BCUT2D eigenvalue weighted by atomic mass is 10.2. The Morgan fingerprint density at radius 2 is 2.07 bits per heavy atom. The first kappa shape index (κ1) is 11.0. The third-order valence-corrected chi connectivity index (χ3v) is 1.77. The summed E-state index contributed by atoms with van der Waals surface area (Å²) in [5, 5.41) is 2.38. The van der Waals surface area contributed by atoms with Gasteiger partial charge >= 0.3 is 0 Å². The summed E-state index contributed by atoms with van der Waals surface area (Å²) in [7, 11) is 1.47. The van der Waals surface area contributed by atoms with E-state index in [2.05, 4.69) is 5.32 Å². The molecule has 1 aromatic carbocycles. The van der Waals surface area contributed by atoms with Crippen molar-refractivity contribution in [1.82, 2.24) is 5.32 Å². The summed E-state index contributed by atoms with van der Waals surface area (Å²) < 4.78 is 5.00. The summed E-state index contributed by atoms with van der Waals surface area (Å²) >= 11 is 0. The molecule has 3 N–H and O–H groups in total. The molecule has 0 aliphatic heterocycles. The lowest BCUT2D eigenvalue weighted by Crippen LogP contribution is -2.33. The van der Waals surface area contributed by atoms with Crippen molar-refractivity contribution in [2.24, 2.45) is 5.73 Å². The lowest BCUT2D eigenvalue weighted by molar-refractivity contribution is -0.117. The minimum Gasteiger partial charge on any atom is -0.496 e. The zero-order chi connectivity index (χ0) is 11.3. The van der Waals surface area contributed by atoms with Crippen molar-refractivity contribution in [3.8, 4) is 5.75 Å². The van der Waals surface area contributed by atoms with Gasteiger partial charge in [-0.3, -0.25) is 9.59 Å². The summed E-state index contributed by atoms with van der Waals surface area (Å²) in [6.07, 6.45) is 0. The number of nitrogens with two attached hydrogens (primary N) is 1. The molecule has 0 spiro atoms. The molecule has 0 saturated heterocycles. The summed E-state index contributed by atoms with van der Waals surface area (Å²) in [6, 6.07) is 6.74. The van der Waals surface area contributed by atoms with Gasteiger partial charge in [0, 0.05) is 0 Å². The van der Waals surface area contributed by atoms with Gasteiger partial charge in [0.1, 0.15) is 5.75 Å². The van der Waals surface area contributed by atoms with Gasteiger partial charge < -0.3 is 15.8 Å². The van der Waals surface area contributed by atoms with Gasteiger partial charge in [-0.1, -0.05) is 12.1 Å². The topological polar surface area (TPSA) is 81.4 Å². The number of ether oxygens (including phenoxy) is 1. The van der Waals surface area contributed by atoms with Crippen LogP contribution in [0.25, 0.3) is 0 Å². The Bertz CT molecular complexity index is 377. The number of rotatable bonds is 4. The number of methoxy groups -OCH3 is 1. The van der Waals surface area contributed by atoms with Crippen molar-refractivity contribution in [2.75, 3.05) is 13.7 Å². The molecule has 15 heavy (non-hydrogen) atoms. The van der Waals surface area contributed by atoms with Crippen LogP contribution in [-0.4, -0.2) is 25.5 Å². The number of hydrogen-bond donors (Lipinski definition) is 2. The van der Waals surface area contributed by atoms with Crippen molar-refractivity contribution in [1.29, 1.82) is 0 Å². The highest BCUT2D eigenvalue weighted by Crippen LogP contribution is 2.16. The first-order chi connectivity index (χ1) is 7.15. The Labute approximate surface area is 87.2 Å². The van der Waals surface area contributed by atoms with Gasteiger partial charge in [-0.2, -0.15) is 0 Å². The molecular weight excluding hydrogens is 196 g/mol. The predicted molar refractivity (Wildman–Crippen MR) is 54.5 cm³/mol. The van der Waals surface area contributed by atoms with Gasteiger partial charge in [-0.25, -0.2) is 0 Å². The molecule has 0 atom stereocenters. The Balaban J connectivity index is 2.77. The van der Waals surface area contributed by atoms with Crippen LogP contribution in [0.1, 0.15) is 10.4 Å². The van der Waals surface area contributed by atoms with E-state index in [1.807, 2.05) is 0 Å². The molecule has 0 heterocycles. The number of para-hydroxylation sites is 1. The number of carbonyl (C=O) groups is 2. The maximum atomic E-state index is 11.5. The number of amides is 2. The van der Waals surface area contributed by atoms with Crippen LogP contribution in [0.3, 0.4) is 0 Å². The SMILES string of the molecule is COc1ccccc1C(=O)NCC(N)=O. The smallest absolute Gasteiger partial charge is 0.255 e. The second-order valence-electron chi connectivity index (χ2n) is 2.85. The number of primary amides is 1. The molecule has 0 aromatic heterocycles. The third kappa shape index (κ3) is 2.98. The van der Waals surface area contributed by atoms with Crippen molar-refractivity contribution in [2.45, 2.75) is 0 Å². The highest BCUT2D eigenvalue weighted by atomic mass is 16.5. The monoisotopic (exact) mass is 208 g/mol. The fraction of sp³-hybridized carbons (Fsp3) is 0.200. The second kappa shape index (κ2) is 4.99. The lowest BCUT2D eigenvalue weighted by Gasteiger charge is -2.07. The van der Waals surface area contributed by atoms with Gasteiger partial charge in [0.15, 0.2) is 0 Å². The highest BCUT2D eigenvalue weighted by Gasteiger charge is 2.10. The molecule has 80 valence electrons. The fourth-order valence-corrected chi connectivity index (χ4v) is 1.09. The molecule has 0 fully saturated rings. The zero-order valence-corrected chi connectivity index (χ0v) is 8.32. The predicted octanol–water partition coefficient (Wildman–Crippen LogP) is -0.0897. The van der Waals surface area contributed by atoms with Crippen LogP contribution in [0.2, 0.25) is 0 Å². The molecule has 0 radical (unpaired) electrons.